The maximum Gasteiger partial charge on any atom is 0.373 e. The van der Waals surface area contributed by atoms with Crippen molar-refractivity contribution in [2.45, 2.75) is 12.8 Å². The summed E-state index contributed by atoms with van der Waals surface area (Å²) in [5.74, 6) is -1.61. The van der Waals surface area contributed by atoms with E-state index in [1.807, 2.05) is 0 Å². The highest BCUT2D eigenvalue weighted by Crippen LogP contribution is 2.16. The summed E-state index contributed by atoms with van der Waals surface area (Å²) in [6.07, 6.45) is 0.215. The predicted octanol–water partition coefficient (Wildman–Crippen LogP) is 0.969. The van der Waals surface area contributed by atoms with Gasteiger partial charge in [-0.2, -0.15) is 0 Å². The lowest BCUT2D eigenvalue weighted by molar-refractivity contribution is -0.172. The minimum atomic E-state index is -0.673. The van der Waals surface area contributed by atoms with Crippen LogP contribution in [0.4, 0.5) is 0 Å². The zero-order chi connectivity index (χ0) is 10.8. The van der Waals surface area contributed by atoms with Crippen LogP contribution in [0.1, 0.15) is 22.5 Å². The Morgan fingerprint density at radius 1 is 1.33 bits per heavy atom. The van der Waals surface area contributed by atoms with Crippen molar-refractivity contribution in [3.8, 4) is 0 Å². The molecule has 15 heavy (non-hydrogen) atoms. The molecule has 6 heteroatoms. The van der Waals surface area contributed by atoms with Crippen LogP contribution in [-0.2, 0) is 14.4 Å². The lowest BCUT2D eigenvalue weighted by Crippen LogP contribution is -2.31. The maximum atomic E-state index is 11.4. The van der Waals surface area contributed by atoms with Crippen molar-refractivity contribution < 1.29 is 19.2 Å². The Balaban J connectivity index is 2.06. The molecule has 0 N–H and O–H groups in total. The number of thiophene rings is 1. The van der Waals surface area contributed by atoms with Crippen LogP contribution in [-0.4, -0.2) is 22.8 Å². The van der Waals surface area contributed by atoms with Crippen LogP contribution < -0.4 is 0 Å². The Bertz CT molecular complexity index is 396. The van der Waals surface area contributed by atoms with Crippen molar-refractivity contribution in [1.29, 1.82) is 0 Å². The molecule has 1 fully saturated rings. The second-order valence-electron chi connectivity index (χ2n) is 2.94. The fourth-order valence-corrected chi connectivity index (χ4v) is 1.77. The molecule has 0 aliphatic carbocycles. The minimum Gasteiger partial charge on any atom is -0.324 e. The number of nitrogens with zero attached hydrogens (tertiary/aromatic N) is 1. The van der Waals surface area contributed by atoms with Crippen molar-refractivity contribution >= 4 is 29.1 Å². The molecule has 1 aromatic heterocycles. The summed E-state index contributed by atoms with van der Waals surface area (Å²) in [7, 11) is 0. The number of hydroxylamine groups is 2. The van der Waals surface area contributed by atoms with E-state index in [1.165, 1.54) is 11.3 Å². The first kappa shape index (κ1) is 9.85. The van der Waals surface area contributed by atoms with Crippen LogP contribution in [0.25, 0.3) is 0 Å². The van der Waals surface area contributed by atoms with Gasteiger partial charge in [-0.1, -0.05) is 6.07 Å². The third kappa shape index (κ3) is 1.89. The van der Waals surface area contributed by atoms with Crippen LogP contribution in [0.3, 0.4) is 0 Å². The Morgan fingerprint density at radius 2 is 2.00 bits per heavy atom. The summed E-state index contributed by atoms with van der Waals surface area (Å²) in [6, 6.07) is 3.26. The SMILES string of the molecule is O=C(ON1C(=O)CCC1=O)c1cccs1. The van der Waals surface area contributed by atoms with Gasteiger partial charge in [-0.3, -0.25) is 9.59 Å². The Labute approximate surface area is 89.2 Å². The van der Waals surface area contributed by atoms with Crippen LogP contribution >= 0.6 is 11.3 Å². The topological polar surface area (TPSA) is 63.7 Å². The predicted molar refractivity (Wildman–Crippen MR) is 50.8 cm³/mol. The summed E-state index contributed by atoms with van der Waals surface area (Å²) in [4.78, 5) is 38.7. The highest BCUT2D eigenvalue weighted by molar-refractivity contribution is 7.11. The normalized spacial score (nSPS) is 15.9. The number of hydrogen-bond donors (Lipinski definition) is 0. The highest BCUT2D eigenvalue weighted by atomic mass is 32.1. The summed E-state index contributed by atoms with van der Waals surface area (Å²) in [6.45, 7) is 0. The number of hydrogen-bond acceptors (Lipinski definition) is 5. The van der Waals surface area contributed by atoms with E-state index in [-0.39, 0.29) is 12.8 Å². The van der Waals surface area contributed by atoms with E-state index in [9.17, 15) is 14.4 Å². The minimum absolute atomic E-state index is 0.108. The molecule has 5 nitrogen and oxygen atoms in total. The van der Waals surface area contributed by atoms with Crippen molar-refractivity contribution in [2.24, 2.45) is 0 Å². The van der Waals surface area contributed by atoms with Crippen LogP contribution in [0.2, 0.25) is 0 Å². The Kier molecular flexibility index (Phi) is 2.51. The maximum absolute atomic E-state index is 11.4. The van der Waals surface area contributed by atoms with E-state index >= 15 is 0 Å². The Hall–Kier alpha value is -1.69. The summed E-state index contributed by atoms with van der Waals surface area (Å²) in [5, 5.41) is 2.26. The zero-order valence-corrected chi connectivity index (χ0v) is 8.45. The number of rotatable bonds is 2. The second kappa shape index (κ2) is 3.82. The van der Waals surface area contributed by atoms with E-state index in [0.717, 1.165) is 0 Å². The largest absolute Gasteiger partial charge is 0.373 e. The number of amides is 2. The number of imide groups is 1. The molecule has 2 amide bonds. The van der Waals surface area contributed by atoms with Gasteiger partial charge in [-0.25, -0.2) is 4.79 Å². The van der Waals surface area contributed by atoms with Gasteiger partial charge >= 0.3 is 5.97 Å². The van der Waals surface area contributed by atoms with Crippen molar-refractivity contribution in [3.05, 3.63) is 22.4 Å². The molecule has 0 unspecified atom stereocenters. The molecular weight excluding hydrogens is 218 g/mol. The molecule has 1 saturated heterocycles. The molecule has 0 spiro atoms. The first-order valence-corrected chi connectivity index (χ1v) is 5.18. The molecule has 2 rings (SSSR count). The molecule has 1 aliphatic heterocycles. The highest BCUT2D eigenvalue weighted by Gasteiger charge is 2.33. The first-order valence-electron chi connectivity index (χ1n) is 4.30. The summed E-state index contributed by atoms with van der Waals surface area (Å²) < 4.78 is 0. The van der Waals surface area contributed by atoms with Crippen molar-refractivity contribution in [2.75, 3.05) is 0 Å². The summed E-state index contributed by atoms with van der Waals surface area (Å²) in [5.41, 5.74) is 0. The molecule has 1 aromatic rings. The van der Waals surface area contributed by atoms with Gasteiger partial charge in [0, 0.05) is 12.8 Å². The number of carbonyl (C=O) groups excluding carboxylic acids is 3. The van der Waals surface area contributed by atoms with E-state index in [0.29, 0.717) is 9.94 Å². The fraction of sp³-hybridized carbons (Fsp3) is 0.222. The molecular formula is C9H7NO4S. The van der Waals surface area contributed by atoms with E-state index < -0.39 is 17.8 Å². The van der Waals surface area contributed by atoms with Gasteiger partial charge in [-0.15, -0.1) is 16.4 Å². The second-order valence-corrected chi connectivity index (χ2v) is 3.89. The van der Waals surface area contributed by atoms with Gasteiger partial charge < -0.3 is 4.84 Å². The Morgan fingerprint density at radius 3 is 2.53 bits per heavy atom. The number of carbonyl (C=O) groups is 3. The molecule has 78 valence electrons. The van der Waals surface area contributed by atoms with Crippen molar-refractivity contribution in [1.82, 2.24) is 5.06 Å². The molecule has 0 atom stereocenters. The molecule has 2 heterocycles. The third-order valence-electron chi connectivity index (χ3n) is 1.90. The van der Waals surface area contributed by atoms with Gasteiger partial charge in [-0.05, 0) is 11.4 Å². The standard InChI is InChI=1S/C9H7NO4S/c11-7-3-4-8(12)10(7)14-9(13)6-2-1-5-15-6/h1-2,5H,3-4H2. The molecule has 0 radical (unpaired) electrons. The lowest BCUT2D eigenvalue weighted by atomic mass is 10.4. The fourth-order valence-electron chi connectivity index (χ4n) is 1.18. The first-order chi connectivity index (χ1) is 7.18. The van der Waals surface area contributed by atoms with E-state index in [4.69, 9.17) is 0 Å². The molecule has 0 bridgehead atoms. The van der Waals surface area contributed by atoms with Crippen LogP contribution in [0, 0.1) is 0 Å². The quantitative estimate of drug-likeness (QED) is 0.703. The van der Waals surface area contributed by atoms with E-state index in [1.54, 1.807) is 17.5 Å². The van der Waals surface area contributed by atoms with Gasteiger partial charge in [0.05, 0.1) is 0 Å². The van der Waals surface area contributed by atoms with E-state index in [2.05, 4.69) is 4.84 Å². The van der Waals surface area contributed by atoms with Crippen LogP contribution in [0.15, 0.2) is 17.5 Å². The zero-order valence-electron chi connectivity index (χ0n) is 7.63. The molecule has 1 aliphatic rings. The monoisotopic (exact) mass is 225 g/mol. The lowest BCUT2D eigenvalue weighted by Gasteiger charge is -2.11. The average Bonchev–Trinajstić information content (AvgIpc) is 2.82. The third-order valence-corrected chi connectivity index (χ3v) is 2.75. The molecule has 0 aromatic carbocycles. The van der Waals surface area contributed by atoms with Crippen LogP contribution in [0.5, 0.6) is 0 Å². The average molecular weight is 225 g/mol. The van der Waals surface area contributed by atoms with Gasteiger partial charge in [0.1, 0.15) is 4.88 Å². The van der Waals surface area contributed by atoms with Gasteiger partial charge in [0.25, 0.3) is 11.8 Å². The van der Waals surface area contributed by atoms with Gasteiger partial charge in [0.2, 0.25) is 0 Å². The van der Waals surface area contributed by atoms with Gasteiger partial charge in [0.15, 0.2) is 0 Å². The van der Waals surface area contributed by atoms with Crippen molar-refractivity contribution in [3.63, 3.8) is 0 Å². The molecule has 0 saturated carbocycles. The summed E-state index contributed by atoms with van der Waals surface area (Å²) >= 11 is 1.19. The smallest absolute Gasteiger partial charge is 0.324 e.